The van der Waals surface area contributed by atoms with Crippen LogP contribution in [0.3, 0.4) is 0 Å². The topological polar surface area (TPSA) is 18.5 Å². The minimum Gasteiger partial charge on any atom is -0.371 e. The number of benzene rings is 1. The quantitative estimate of drug-likeness (QED) is 0.870. The van der Waals surface area contributed by atoms with Gasteiger partial charge in [0, 0.05) is 36.9 Å². The lowest BCUT2D eigenvalue weighted by molar-refractivity contribution is 0.285. The molecule has 21 heavy (non-hydrogen) atoms. The Bertz CT molecular complexity index is 440. The van der Waals surface area contributed by atoms with Crippen LogP contribution < -0.4 is 10.2 Å². The zero-order valence-corrected chi connectivity index (χ0v) is 14.3. The maximum absolute atomic E-state index is 6.41. The molecule has 1 heterocycles. The number of hydrogen-bond acceptors (Lipinski definition) is 3. The van der Waals surface area contributed by atoms with Crippen LogP contribution in [0.4, 0.5) is 5.69 Å². The summed E-state index contributed by atoms with van der Waals surface area (Å²) in [6, 6.07) is 6.50. The molecule has 1 aliphatic rings. The van der Waals surface area contributed by atoms with Crippen molar-refractivity contribution < 1.29 is 0 Å². The molecule has 0 aliphatic carbocycles. The molecule has 1 aromatic carbocycles. The highest BCUT2D eigenvalue weighted by Gasteiger charge is 2.20. The van der Waals surface area contributed by atoms with Crippen molar-refractivity contribution in [1.29, 1.82) is 0 Å². The summed E-state index contributed by atoms with van der Waals surface area (Å²) in [7, 11) is 4.32. The molecule has 2 rings (SSSR count). The van der Waals surface area contributed by atoms with Gasteiger partial charge in [0.25, 0.3) is 0 Å². The zero-order chi connectivity index (χ0) is 15.2. The smallest absolute Gasteiger partial charge is 0.0471 e. The molecule has 0 atom stereocenters. The van der Waals surface area contributed by atoms with E-state index in [1.807, 2.05) is 0 Å². The molecule has 0 radical (unpaired) electrons. The van der Waals surface area contributed by atoms with E-state index in [9.17, 15) is 0 Å². The Balaban J connectivity index is 1.92. The van der Waals surface area contributed by atoms with Crippen LogP contribution >= 0.6 is 11.6 Å². The normalized spacial score (nSPS) is 16.7. The second-order valence-electron chi connectivity index (χ2n) is 6.25. The van der Waals surface area contributed by atoms with Gasteiger partial charge in [-0.3, -0.25) is 0 Å². The molecule has 0 aromatic heterocycles. The third-order valence-corrected chi connectivity index (χ3v) is 4.56. The van der Waals surface area contributed by atoms with E-state index in [4.69, 9.17) is 11.6 Å². The summed E-state index contributed by atoms with van der Waals surface area (Å²) in [5, 5.41) is 4.20. The van der Waals surface area contributed by atoms with Gasteiger partial charge in [-0.2, -0.15) is 0 Å². The number of anilines is 1. The monoisotopic (exact) mass is 309 g/mol. The Morgan fingerprint density at radius 2 is 2.00 bits per heavy atom. The van der Waals surface area contributed by atoms with Gasteiger partial charge in [-0.1, -0.05) is 24.6 Å². The summed E-state index contributed by atoms with van der Waals surface area (Å²) < 4.78 is 0. The van der Waals surface area contributed by atoms with Crippen LogP contribution in [0.25, 0.3) is 0 Å². The summed E-state index contributed by atoms with van der Waals surface area (Å²) in [4.78, 5) is 4.77. The summed E-state index contributed by atoms with van der Waals surface area (Å²) in [6.07, 6.45) is 2.55. The molecular weight excluding hydrogens is 282 g/mol. The van der Waals surface area contributed by atoms with E-state index in [2.05, 4.69) is 54.3 Å². The fourth-order valence-electron chi connectivity index (χ4n) is 3.03. The van der Waals surface area contributed by atoms with Crippen molar-refractivity contribution in [1.82, 2.24) is 10.2 Å². The summed E-state index contributed by atoms with van der Waals surface area (Å²) in [5.74, 6) is 0.833. The van der Waals surface area contributed by atoms with Gasteiger partial charge in [0.05, 0.1) is 0 Å². The van der Waals surface area contributed by atoms with Crippen LogP contribution in [0.5, 0.6) is 0 Å². The van der Waals surface area contributed by atoms with E-state index < -0.39 is 0 Å². The molecule has 1 fully saturated rings. The SMILES string of the molecule is CCNCc1ccc(N2CCC(CN(C)C)CC2)cc1Cl. The zero-order valence-electron chi connectivity index (χ0n) is 13.5. The number of hydrogen-bond donors (Lipinski definition) is 1. The van der Waals surface area contributed by atoms with E-state index in [0.717, 1.165) is 37.1 Å². The minimum atomic E-state index is 0.833. The first-order valence-corrected chi connectivity index (χ1v) is 8.36. The number of rotatable bonds is 6. The third kappa shape index (κ3) is 4.87. The standard InChI is InChI=1S/C17H28ClN3/c1-4-19-12-15-5-6-16(11-17(15)18)21-9-7-14(8-10-21)13-20(2)3/h5-6,11,14,19H,4,7-10,12-13H2,1-3H3. The maximum Gasteiger partial charge on any atom is 0.0471 e. The average Bonchev–Trinajstić information content (AvgIpc) is 2.46. The van der Waals surface area contributed by atoms with E-state index in [1.165, 1.54) is 30.6 Å². The summed E-state index contributed by atoms with van der Waals surface area (Å²) in [6.45, 7) is 7.41. The van der Waals surface area contributed by atoms with Crippen LogP contribution in [-0.4, -0.2) is 45.2 Å². The average molecular weight is 310 g/mol. The molecular formula is C17H28ClN3. The highest BCUT2D eigenvalue weighted by molar-refractivity contribution is 6.31. The van der Waals surface area contributed by atoms with E-state index in [-0.39, 0.29) is 0 Å². The number of halogens is 1. The molecule has 1 N–H and O–H groups in total. The molecule has 1 saturated heterocycles. The molecule has 4 heteroatoms. The van der Waals surface area contributed by atoms with Gasteiger partial charge >= 0.3 is 0 Å². The number of nitrogens with one attached hydrogen (secondary N) is 1. The fourth-order valence-corrected chi connectivity index (χ4v) is 3.27. The van der Waals surface area contributed by atoms with Crippen molar-refractivity contribution in [3.05, 3.63) is 28.8 Å². The van der Waals surface area contributed by atoms with Crippen molar-refractivity contribution in [3.8, 4) is 0 Å². The van der Waals surface area contributed by atoms with Gasteiger partial charge in [-0.05, 0) is 57.1 Å². The first-order valence-electron chi connectivity index (χ1n) is 7.99. The van der Waals surface area contributed by atoms with Gasteiger partial charge in [-0.15, -0.1) is 0 Å². The molecule has 1 aromatic rings. The first-order chi connectivity index (χ1) is 10.1. The summed E-state index contributed by atoms with van der Waals surface area (Å²) in [5.41, 5.74) is 2.45. The second-order valence-corrected chi connectivity index (χ2v) is 6.66. The Kier molecular flexibility index (Phi) is 6.34. The van der Waals surface area contributed by atoms with Gasteiger partial charge in [0.1, 0.15) is 0 Å². The third-order valence-electron chi connectivity index (χ3n) is 4.21. The van der Waals surface area contributed by atoms with Crippen LogP contribution in [-0.2, 0) is 6.54 Å². The highest BCUT2D eigenvalue weighted by atomic mass is 35.5. The Hall–Kier alpha value is -0.770. The van der Waals surface area contributed by atoms with E-state index in [0.29, 0.717) is 0 Å². The number of nitrogens with zero attached hydrogens (tertiary/aromatic N) is 2. The van der Waals surface area contributed by atoms with Crippen LogP contribution in [0.15, 0.2) is 18.2 Å². The Labute approximate surface area is 134 Å². The predicted molar refractivity (Wildman–Crippen MR) is 92.3 cm³/mol. The largest absolute Gasteiger partial charge is 0.371 e. The second kappa shape index (κ2) is 8.02. The molecule has 0 unspecified atom stereocenters. The van der Waals surface area contributed by atoms with Crippen molar-refractivity contribution in [3.63, 3.8) is 0 Å². The molecule has 0 saturated carbocycles. The predicted octanol–water partition coefficient (Wildman–Crippen LogP) is 3.23. The van der Waals surface area contributed by atoms with E-state index in [1.54, 1.807) is 0 Å². The van der Waals surface area contributed by atoms with Gasteiger partial charge in [-0.25, -0.2) is 0 Å². The van der Waals surface area contributed by atoms with Crippen LogP contribution in [0.2, 0.25) is 5.02 Å². The number of piperidine rings is 1. The molecule has 0 amide bonds. The lowest BCUT2D eigenvalue weighted by atomic mass is 9.96. The van der Waals surface area contributed by atoms with Crippen LogP contribution in [0, 0.1) is 5.92 Å². The molecule has 118 valence electrons. The fraction of sp³-hybridized carbons (Fsp3) is 0.647. The molecule has 1 aliphatic heterocycles. The van der Waals surface area contributed by atoms with Crippen LogP contribution in [0.1, 0.15) is 25.3 Å². The van der Waals surface area contributed by atoms with Gasteiger partial charge in [0.15, 0.2) is 0 Å². The molecule has 0 bridgehead atoms. The maximum atomic E-state index is 6.41. The van der Waals surface area contributed by atoms with E-state index >= 15 is 0 Å². The summed E-state index contributed by atoms with van der Waals surface area (Å²) >= 11 is 6.41. The lowest BCUT2D eigenvalue weighted by Crippen LogP contribution is -2.37. The lowest BCUT2D eigenvalue weighted by Gasteiger charge is -2.35. The molecule has 3 nitrogen and oxygen atoms in total. The van der Waals surface area contributed by atoms with Crippen molar-refractivity contribution in [2.24, 2.45) is 5.92 Å². The first kappa shape index (κ1) is 16.6. The highest BCUT2D eigenvalue weighted by Crippen LogP contribution is 2.27. The van der Waals surface area contributed by atoms with Crippen molar-refractivity contribution >= 4 is 17.3 Å². The van der Waals surface area contributed by atoms with Crippen molar-refractivity contribution in [2.75, 3.05) is 45.2 Å². The Morgan fingerprint density at radius 3 is 2.57 bits per heavy atom. The van der Waals surface area contributed by atoms with Gasteiger partial charge < -0.3 is 15.1 Å². The van der Waals surface area contributed by atoms with Gasteiger partial charge in [0.2, 0.25) is 0 Å². The van der Waals surface area contributed by atoms with Crippen molar-refractivity contribution in [2.45, 2.75) is 26.3 Å². The minimum absolute atomic E-state index is 0.833. The molecule has 0 spiro atoms. The Morgan fingerprint density at radius 1 is 1.29 bits per heavy atom.